The second-order valence-corrected chi connectivity index (χ2v) is 6.79. The highest BCUT2D eigenvalue weighted by atomic mass is 16.6. The zero-order valence-electron chi connectivity index (χ0n) is 14.7. The minimum absolute atomic E-state index is 0.123. The van der Waals surface area contributed by atoms with Crippen LogP contribution in [0.5, 0.6) is 0 Å². The third kappa shape index (κ3) is 2.97. The SMILES string of the molecule is CCOC1CC(NC(=O)c2ccc([N+](=O)[O-])cc2C)(C(=O)O)C1(C)C. The molecule has 2 N–H and O–H groups in total. The number of nitro groups is 1. The van der Waals surface area contributed by atoms with E-state index >= 15 is 0 Å². The van der Waals surface area contributed by atoms with Crippen LogP contribution in [-0.4, -0.2) is 40.2 Å². The lowest BCUT2D eigenvalue weighted by molar-refractivity contribution is -0.384. The summed E-state index contributed by atoms with van der Waals surface area (Å²) in [6.45, 7) is 7.35. The highest BCUT2D eigenvalue weighted by Gasteiger charge is 2.66. The first kappa shape index (κ1) is 18.9. The first-order valence-corrected chi connectivity index (χ1v) is 7.99. The highest BCUT2D eigenvalue weighted by molar-refractivity contribution is 6.00. The molecule has 25 heavy (non-hydrogen) atoms. The number of hydrogen-bond donors (Lipinski definition) is 2. The van der Waals surface area contributed by atoms with Gasteiger partial charge < -0.3 is 15.2 Å². The molecule has 1 saturated carbocycles. The van der Waals surface area contributed by atoms with Crippen molar-refractivity contribution in [2.45, 2.75) is 45.8 Å². The summed E-state index contributed by atoms with van der Waals surface area (Å²) in [6.07, 6.45) is -0.104. The molecule has 8 nitrogen and oxygen atoms in total. The number of carbonyl (C=O) groups is 2. The van der Waals surface area contributed by atoms with Crippen LogP contribution in [0.2, 0.25) is 0 Å². The summed E-state index contributed by atoms with van der Waals surface area (Å²) < 4.78 is 5.56. The lowest BCUT2D eigenvalue weighted by atomic mass is 9.54. The standard InChI is InChI=1S/C17H22N2O6/c1-5-25-13-9-17(15(21)22,16(13,3)4)18-14(20)12-7-6-11(19(23)24)8-10(12)2/h6-8,13H,5,9H2,1-4H3,(H,18,20)(H,21,22). The molecule has 0 radical (unpaired) electrons. The fourth-order valence-corrected chi connectivity index (χ4v) is 3.31. The van der Waals surface area contributed by atoms with Crippen LogP contribution in [0.4, 0.5) is 5.69 Å². The van der Waals surface area contributed by atoms with Gasteiger partial charge in [-0.15, -0.1) is 0 Å². The lowest BCUT2D eigenvalue weighted by Crippen LogP contribution is -2.76. The highest BCUT2D eigenvalue weighted by Crippen LogP contribution is 2.51. The average molecular weight is 350 g/mol. The van der Waals surface area contributed by atoms with Crippen LogP contribution in [0.1, 0.15) is 43.1 Å². The van der Waals surface area contributed by atoms with E-state index < -0.39 is 27.8 Å². The van der Waals surface area contributed by atoms with Crippen LogP contribution in [0.25, 0.3) is 0 Å². The van der Waals surface area contributed by atoms with Crippen LogP contribution in [0, 0.1) is 22.5 Å². The summed E-state index contributed by atoms with van der Waals surface area (Å²) in [6, 6.07) is 3.85. The van der Waals surface area contributed by atoms with Crippen LogP contribution >= 0.6 is 0 Å². The molecule has 1 aromatic rings. The van der Waals surface area contributed by atoms with Crippen LogP contribution in [0.15, 0.2) is 18.2 Å². The van der Waals surface area contributed by atoms with E-state index in [4.69, 9.17) is 4.74 Å². The van der Waals surface area contributed by atoms with Crippen molar-refractivity contribution < 1.29 is 24.4 Å². The molecule has 8 heteroatoms. The predicted molar refractivity (Wildman–Crippen MR) is 89.5 cm³/mol. The Morgan fingerprint density at radius 2 is 2.08 bits per heavy atom. The Kier molecular flexibility index (Phi) is 4.85. The Hall–Kier alpha value is -2.48. The Morgan fingerprint density at radius 1 is 1.44 bits per heavy atom. The molecule has 0 bridgehead atoms. The monoisotopic (exact) mass is 350 g/mol. The number of nitrogens with zero attached hydrogens (tertiary/aromatic N) is 1. The molecule has 0 saturated heterocycles. The van der Waals surface area contributed by atoms with E-state index in [0.717, 1.165) is 0 Å². The Labute approximate surface area is 145 Å². The van der Waals surface area contributed by atoms with Gasteiger partial charge in [0.25, 0.3) is 11.6 Å². The largest absolute Gasteiger partial charge is 0.479 e. The normalized spacial score (nSPS) is 24.2. The molecule has 136 valence electrons. The summed E-state index contributed by atoms with van der Waals surface area (Å²) in [4.78, 5) is 34.8. The Balaban J connectivity index is 2.29. The molecule has 0 spiro atoms. The van der Waals surface area contributed by atoms with Crippen molar-refractivity contribution in [2.75, 3.05) is 6.61 Å². The number of carboxylic acids is 1. The number of amides is 1. The molecule has 1 aliphatic rings. The van der Waals surface area contributed by atoms with Gasteiger partial charge in [0.05, 0.1) is 11.0 Å². The van der Waals surface area contributed by atoms with Crippen LogP contribution in [-0.2, 0) is 9.53 Å². The van der Waals surface area contributed by atoms with Crippen molar-refractivity contribution in [2.24, 2.45) is 5.41 Å². The molecule has 1 fully saturated rings. The first-order valence-electron chi connectivity index (χ1n) is 7.99. The number of nitrogens with one attached hydrogen (secondary N) is 1. The van der Waals surface area contributed by atoms with Gasteiger partial charge >= 0.3 is 5.97 Å². The van der Waals surface area contributed by atoms with Gasteiger partial charge in [-0.3, -0.25) is 14.9 Å². The summed E-state index contributed by atoms with van der Waals surface area (Å²) in [5.74, 6) is -1.70. The van der Waals surface area contributed by atoms with E-state index in [0.29, 0.717) is 12.2 Å². The number of non-ortho nitro benzene ring substituents is 1. The maximum atomic E-state index is 12.6. The van der Waals surface area contributed by atoms with Crippen molar-refractivity contribution >= 4 is 17.6 Å². The molecule has 0 aliphatic heterocycles. The van der Waals surface area contributed by atoms with Crippen molar-refractivity contribution in [3.63, 3.8) is 0 Å². The molecule has 1 aliphatic carbocycles. The second-order valence-electron chi connectivity index (χ2n) is 6.79. The fraction of sp³-hybridized carbons (Fsp3) is 0.529. The van der Waals surface area contributed by atoms with Gasteiger partial charge in [0, 0.05) is 36.1 Å². The maximum absolute atomic E-state index is 12.6. The summed E-state index contributed by atoms with van der Waals surface area (Å²) in [7, 11) is 0. The van der Waals surface area contributed by atoms with E-state index in [2.05, 4.69) is 5.32 Å². The molecular formula is C17H22N2O6. The van der Waals surface area contributed by atoms with Crippen molar-refractivity contribution in [3.8, 4) is 0 Å². The number of carboxylic acid groups (broad SMARTS) is 1. The molecular weight excluding hydrogens is 328 g/mol. The number of rotatable bonds is 6. The lowest BCUT2D eigenvalue weighted by Gasteiger charge is -2.58. The number of aryl methyl sites for hydroxylation is 1. The quantitative estimate of drug-likeness (QED) is 0.600. The minimum Gasteiger partial charge on any atom is -0.479 e. The summed E-state index contributed by atoms with van der Waals surface area (Å²) in [5, 5.41) is 23.2. The minimum atomic E-state index is -1.45. The third-order valence-electron chi connectivity index (χ3n) is 5.12. The molecule has 1 aromatic carbocycles. The van der Waals surface area contributed by atoms with E-state index in [9.17, 15) is 24.8 Å². The van der Waals surface area contributed by atoms with Crippen LogP contribution in [0.3, 0.4) is 0 Å². The Bertz CT molecular complexity index is 730. The van der Waals surface area contributed by atoms with Gasteiger partial charge in [0.2, 0.25) is 0 Å². The molecule has 2 atom stereocenters. The summed E-state index contributed by atoms with van der Waals surface area (Å²) in [5.41, 5.74) is -1.74. The van der Waals surface area contributed by atoms with E-state index in [1.807, 2.05) is 6.92 Å². The zero-order valence-corrected chi connectivity index (χ0v) is 14.7. The smallest absolute Gasteiger partial charge is 0.330 e. The molecule has 0 heterocycles. The average Bonchev–Trinajstić information content (AvgIpc) is 2.52. The van der Waals surface area contributed by atoms with Crippen molar-refractivity contribution in [1.82, 2.24) is 5.32 Å². The molecule has 1 amide bonds. The van der Waals surface area contributed by atoms with Gasteiger partial charge in [0.1, 0.15) is 5.54 Å². The Morgan fingerprint density at radius 3 is 2.52 bits per heavy atom. The second kappa shape index (κ2) is 6.44. The van der Waals surface area contributed by atoms with E-state index in [-0.39, 0.29) is 23.8 Å². The first-order chi connectivity index (χ1) is 11.6. The van der Waals surface area contributed by atoms with Gasteiger partial charge in [-0.25, -0.2) is 4.79 Å². The van der Waals surface area contributed by atoms with Gasteiger partial charge in [-0.05, 0) is 25.5 Å². The number of nitro benzene ring substituents is 1. The van der Waals surface area contributed by atoms with Crippen molar-refractivity contribution in [1.29, 1.82) is 0 Å². The fourth-order valence-electron chi connectivity index (χ4n) is 3.31. The van der Waals surface area contributed by atoms with E-state index in [1.54, 1.807) is 20.8 Å². The maximum Gasteiger partial charge on any atom is 0.330 e. The topological polar surface area (TPSA) is 119 Å². The number of aliphatic carboxylic acids is 1. The van der Waals surface area contributed by atoms with Gasteiger partial charge in [-0.1, -0.05) is 13.8 Å². The predicted octanol–water partition coefficient (Wildman–Crippen LogP) is 2.29. The molecule has 2 unspecified atom stereocenters. The summed E-state index contributed by atoms with van der Waals surface area (Å²) >= 11 is 0. The van der Waals surface area contributed by atoms with E-state index in [1.165, 1.54) is 18.2 Å². The number of carbonyl (C=O) groups excluding carboxylic acids is 1. The molecule has 0 aromatic heterocycles. The third-order valence-corrected chi connectivity index (χ3v) is 5.12. The van der Waals surface area contributed by atoms with Crippen LogP contribution < -0.4 is 5.32 Å². The van der Waals surface area contributed by atoms with Gasteiger partial charge in [-0.2, -0.15) is 0 Å². The number of ether oxygens (including phenoxy) is 1. The zero-order chi connectivity index (χ0) is 19.0. The number of hydrogen-bond acceptors (Lipinski definition) is 5. The van der Waals surface area contributed by atoms with Gasteiger partial charge in [0.15, 0.2) is 0 Å². The van der Waals surface area contributed by atoms with Crippen molar-refractivity contribution in [3.05, 3.63) is 39.4 Å². The molecule has 2 rings (SSSR count). The number of benzene rings is 1.